The number of carboxylic acids is 1. The van der Waals surface area contributed by atoms with Gasteiger partial charge in [0.2, 0.25) is 0 Å². The third-order valence-electron chi connectivity index (χ3n) is 2.69. The van der Waals surface area contributed by atoms with Gasteiger partial charge in [-0.3, -0.25) is 0 Å². The second kappa shape index (κ2) is 5.28. The monoisotopic (exact) mass is 285 g/mol. The van der Waals surface area contributed by atoms with E-state index in [0.717, 1.165) is 12.1 Å². The first-order valence-electron chi connectivity index (χ1n) is 5.60. The zero-order chi connectivity index (χ0) is 14.9. The van der Waals surface area contributed by atoms with E-state index in [-0.39, 0.29) is 29.3 Å². The summed E-state index contributed by atoms with van der Waals surface area (Å²) in [6, 6.07) is 3.11. The third kappa shape index (κ3) is 2.61. The fourth-order valence-electron chi connectivity index (χ4n) is 1.69. The second-order valence-corrected chi connectivity index (χ2v) is 4.06. The van der Waals surface area contributed by atoms with E-state index >= 15 is 0 Å². The van der Waals surface area contributed by atoms with Crippen molar-refractivity contribution >= 4 is 11.7 Å². The van der Waals surface area contributed by atoms with Crippen LogP contribution in [0.15, 0.2) is 22.6 Å². The first kappa shape index (κ1) is 14.0. The van der Waals surface area contributed by atoms with Crippen LogP contribution >= 0.6 is 0 Å². The molecule has 1 aromatic heterocycles. The number of furan rings is 1. The molecule has 0 saturated heterocycles. The van der Waals surface area contributed by atoms with E-state index in [1.165, 1.54) is 13.0 Å². The number of carbonyl (C=O) groups is 1. The molecule has 0 aliphatic rings. The molecule has 0 saturated carbocycles. The number of nitrogens with one attached hydrogen (secondary N) is 1. The molecule has 0 unspecified atom stereocenters. The van der Waals surface area contributed by atoms with Crippen LogP contribution in [0.1, 0.15) is 21.9 Å². The van der Waals surface area contributed by atoms with E-state index in [4.69, 9.17) is 9.52 Å². The van der Waals surface area contributed by atoms with E-state index in [1.54, 1.807) is 0 Å². The highest BCUT2D eigenvalue weighted by atomic mass is 19.2. The lowest BCUT2D eigenvalue weighted by Crippen LogP contribution is -2.03. The Kier molecular flexibility index (Phi) is 3.69. The number of aryl methyl sites for hydroxylation is 1. The van der Waals surface area contributed by atoms with Gasteiger partial charge in [0.05, 0.1) is 12.2 Å². The van der Waals surface area contributed by atoms with E-state index in [9.17, 15) is 18.0 Å². The Hall–Kier alpha value is -2.44. The lowest BCUT2D eigenvalue weighted by molar-refractivity contribution is 0.0695. The number of rotatable bonds is 4. The Balaban J connectivity index is 2.15. The van der Waals surface area contributed by atoms with Crippen molar-refractivity contribution in [2.75, 3.05) is 5.32 Å². The summed E-state index contributed by atoms with van der Waals surface area (Å²) in [6.07, 6.45) is 0. The summed E-state index contributed by atoms with van der Waals surface area (Å²) in [4.78, 5) is 10.8. The molecule has 2 rings (SSSR count). The Morgan fingerprint density at radius 2 is 2.00 bits per heavy atom. The van der Waals surface area contributed by atoms with Gasteiger partial charge >= 0.3 is 5.97 Å². The molecular formula is C13H10F3NO3. The zero-order valence-corrected chi connectivity index (χ0v) is 10.3. The van der Waals surface area contributed by atoms with Crippen molar-refractivity contribution in [1.82, 2.24) is 0 Å². The molecule has 0 aliphatic heterocycles. The van der Waals surface area contributed by atoms with Crippen LogP contribution in [0.2, 0.25) is 0 Å². The van der Waals surface area contributed by atoms with Gasteiger partial charge in [-0.25, -0.2) is 18.0 Å². The molecule has 1 heterocycles. The van der Waals surface area contributed by atoms with Crippen LogP contribution in [0.3, 0.4) is 0 Å². The van der Waals surface area contributed by atoms with Gasteiger partial charge in [-0.05, 0) is 25.1 Å². The predicted molar refractivity (Wildman–Crippen MR) is 64.0 cm³/mol. The minimum absolute atomic E-state index is 0.00689. The highest BCUT2D eigenvalue weighted by molar-refractivity contribution is 5.88. The molecule has 20 heavy (non-hydrogen) atoms. The Labute approximate surface area is 111 Å². The van der Waals surface area contributed by atoms with Gasteiger partial charge in [0.15, 0.2) is 17.5 Å². The van der Waals surface area contributed by atoms with Gasteiger partial charge in [-0.2, -0.15) is 0 Å². The minimum Gasteiger partial charge on any atom is -0.478 e. The van der Waals surface area contributed by atoms with Crippen LogP contribution in [0.5, 0.6) is 0 Å². The van der Waals surface area contributed by atoms with Gasteiger partial charge in [0, 0.05) is 0 Å². The van der Waals surface area contributed by atoms with Crippen LogP contribution in [0.25, 0.3) is 0 Å². The molecule has 1 aromatic carbocycles. The summed E-state index contributed by atoms with van der Waals surface area (Å²) in [7, 11) is 0. The molecule has 4 nitrogen and oxygen atoms in total. The topological polar surface area (TPSA) is 62.5 Å². The average molecular weight is 285 g/mol. The van der Waals surface area contributed by atoms with Crippen molar-refractivity contribution in [2.45, 2.75) is 13.5 Å². The average Bonchev–Trinajstić information content (AvgIpc) is 2.77. The van der Waals surface area contributed by atoms with Crippen molar-refractivity contribution < 1.29 is 27.5 Å². The number of hydrogen-bond donors (Lipinski definition) is 2. The van der Waals surface area contributed by atoms with E-state index in [1.807, 2.05) is 0 Å². The van der Waals surface area contributed by atoms with Gasteiger partial charge in [0.1, 0.15) is 17.1 Å². The van der Waals surface area contributed by atoms with Crippen LogP contribution in [-0.4, -0.2) is 11.1 Å². The van der Waals surface area contributed by atoms with Crippen molar-refractivity contribution in [3.8, 4) is 0 Å². The van der Waals surface area contributed by atoms with Crippen molar-refractivity contribution in [1.29, 1.82) is 0 Å². The second-order valence-electron chi connectivity index (χ2n) is 4.06. The number of benzene rings is 1. The van der Waals surface area contributed by atoms with E-state index in [2.05, 4.69) is 5.32 Å². The van der Waals surface area contributed by atoms with Crippen LogP contribution in [0.4, 0.5) is 18.9 Å². The number of anilines is 1. The van der Waals surface area contributed by atoms with Crippen molar-refractivity contribution in [3.05, 3.63) is 52.7 Å². The maximum absolute atomic E-state index is 13.4. The predicted octanol–water partition coefficient (Wildman–Crippen LogP) is 3.32. The Morgan fingerprint density at radius 1 is 1.30 bits per heavy atom. The van der Waals surface area contributed by atoms with E-state index < -0.39 is 23.4 Å². The molecule has 0 fully saturated rings. The highest BCUT2D eigenvalue weighted by Crippen LogP contribution is 2.21. The zero-order valence-electron chi connectivity index (χ0n) is 10.3. The van der Waals surface area contributed by atoms with E-state index in [0.29, 0.717) is 0 Å². The van der Waals surface area contributed by atoms with Gasteiger partial charge < -0.3 is 14.8 Å². The number of halogens is 3. The summed E-state index contributed by atoms with van der Waals surface area (Å²) in [5.41, 5.74) is -0.248. The molecule has 0 spiro atoms. The van der Waals surface area contributed by atoms with Crippen molar-refractivity contribution in [2.24, 2.45) is 0 Å². The quantitative estimate of drug-likeness (QED) is 0.846. The standard InChI is InChI=1S/C13H10F3NO3/c1-6-8(13(18)19)4-7(20-6)5-17-10-3-2-9(14)11(15)12(10)16/h2-4,17H,5H2,1H3,(H,18,19). The molecule has 0 aliphatic carbocycles. The fourth-order valence-corrected chi connectivity index (χ4v) is 1.69. The maximum atomic E-state index is 13.4. The Morgan fingerprint density at radius 3 is 2.60 bits per heavy atom. The molecule has 2 aromatic rings. The third-order valence-corrected chi connectivity index (χ3v) is 2.69. The summed E-state index contributed by atoms with van der Waals surface area (Å²) in [6.45, 7) is 1.42. The first-order valence-corrected chi connectivity index (χ1v) is 5.60. The van der Waals surface area contributed by atoms with Crippen LogP contribution in [-0.2, 0) is 6.54 Å². The molecule has 0 atom stereocenters. The molecule has 0 radical (unpaired) electrons. The highest BCUT2D eigenvalue weighted by Gasteiger charge is 2.16. The smallest absolute Gasteiger partial charge is 0.339 e. The van der Waals surface area contributed by atoms with Gasteiger partial charge in [0.25, 0.3) is 0 Å². The van der Waals surface area contributed by atoms with Gasteiger partial charge in [-0.15, -0.1) is 0 Å². The number of carboxylic acid groups (broad SMARTS) is 1. The largest absolute Gasteiger partial charge is 0.478 e. The van der Waals surface area contributed by atoms with Crippen LogP contribution < -0.4 is 5.32 Å². The lowest BCUT2D eigenvalue weighted by atomic mass is 10.2. The summed E-state index contributed by atoms with van der Waals surface area (Å²) in [5.74, 6) is -4.89. The summed E-state index contributed by atoms with van der Waals surface area (Å²) < 4.78 is 44.3. The molecule has 7 heteroatoms. The lowest BCUT2D eigenvalue weighted by Gasteiger charge is -2.06. The minimum atomic E-state index is -1.57. The van der Waals surface area contributed by atoms with Crippen LogP contribution in [0, 0.1) is 24.4 Å². The molecule has 106 valence electrons. The van der Waals surface area contributed by atoms with Gasteiger partial charge in [-0.1, -0.05) is 0 Å². The number of hydrogen-bond acceptors (Lipinski definition) is 3. The normalized spacial score (nSPS) is 10.6. The molecular weight excluding hydrogens is 275 g/mol. The summed E-state index contributed by atoms with van der Waals surface area (Å²) in [5, 5.41) is 11.4. The summed E-state index contributed by atoms with van der Waals surface area (Å²) >= 11 is 0. The first-order chi connectivity index (χ1) is 9.40. The number of aromatic carboxylic acids is 1. The van der Waals surface area contributed by atoms with Crippen molar-refractivity contribution in [3.63, 3.8) is 0 Å². The maximum Gasteiger partial charge on any atom is 0.339 e. The SMILES string of the molecule is Cc1oc(CNc2ccc(F)c(F)c2F)cc1C(=O)O. The molecule has 2 N–H and O–H groups in total. The fraction of sp³-hybridized carbons (Fsp3) is 0.154. The Bertz CT molecular complexity index is 667. The molecule has 0 amide bonds. The molecule has 0 bridgehead atoms.